The molecule has 3 rings (SSSR count). The Morgan fingerprint density at radius 1 is 1.35 bits per heavy atom. The number of piperazine rings is 1. The van der Waals surface area contributed by atoms with Crippen molar-refractivity contribution in [1.82, 2.24) is 10.2 Å². The second-order valence-electron chi connectivity index (χ2n) is 6.25. The van der Waals surface area contributed by atoms with Gasteiger partial charge in [0.1, 0.15) is 0 Å². The van der Waals surface area contributed by atoms with E-state index in [1.807, 2.05) is 11.3 Å². The minimum Gasteiger partial charge on any atom is -0.396 e. The maximum absolute atomic E-state index is 9.44. The van der Waals surface area contributed by atoms with Gasteiger partial charge in [-0.2, -0.15) is 0 Å². The molecule has 130 valence electrons. The SMILES string of the molecule is CCNC(=NCC1(CO)CC1)N1CCN(c2cccs2)CC1.I. The minimum absolute atomic E-state index is 0. The number of rotatable bonds is 5. The lowest BCUT2D eigenvalue weighted by Crippen LogP contribution is -2.52. The van der Waals surface area contributed by atoms with Crippen molar-refractivity contribution in [1.29, 1.82) is 0 Å². The highest BCUT2D eigenvalue weighted by Gasteiger charge is 2.42. The maximum Gasteiger partial charge on any atom is 0.194 e. The second-order valence-corrected chi connectivity index (χ2v) is 7.18. The molecule has 2 aliphatic rings. The van der Waals surface area contributed by atoms with Crippen LogP contribution in [0.1, 0.15) is 19.8 Å². The van der Waals surface area contributed by atoms with E-state index in [1.54, 1.807) is 0 Å². The molecule has 0 atom stereocenters. The highest BCUT2D eigenvalue weighted by molar-refractivity contribution is 14.0. The zero-order valence-corrected chi connectivity index (χ0v) is 16.8. The molecule has 2 heterocycles. The smallest absolute Gasteiger partial charge is 0.194 e. The van der Waals surface area contributed by atoms with Gasteiger partial charge in [0.2, 0.25) is 0 Å². The molecule has 1 saturated carbocycles. The van der Waals surface area contributed by atoms with Crippen LogP contribution in [0.3, 0.4) is 0 Å². The molecule has 1 saturated heterocycles. The van der Waals surface area contributed by atoms with Crippen molar-refractivity contribution < 1.29 is 5.11 Å². The first kappa shape index (κ1) is 18.8. The second kappa shape index (κ2) is 8.53. The number of nitrogens with zero attached hydrogens (tertiary/aromatic N) is 3. The molecular weight excluding hydrogens is 423 g/mol. The Kier molecular flexibility index (Phi) is 6.97. The highest BCUT2D eigenvalue weighted by atomic mass is 127. The minimum atomic E-state index is 0. The van der Waals surface area contributed by atoms with Crippen molar-refractivity contribution in [2.45, 2.75) is 19.8 Å². The van der Waals surface area contributed by atoms with E-state index < -0.39 is 0 Å². The average Bonchev–Trinajstić information content (AvgIpc) is 3.13. The van der Waals surface area contributed by atoms with E-state index in [4.69, 9.17) is 4.99 Å². The van der Waals surface area contributed by atoms with Gasteiger partial charge in [0.25, 0.3) is 0 Å². The number of halogens is 1. The van der Waals surface area contributed by atoms with Gasteiger partial charge in [-0.05, 0) is 37.3 Å². The quantitative estimate of drug-likeness (QED) is 0.411. The van der Waals surface area contributed by atoms with Crippen molar-refractivity contribution in [3.63, 3.8) is 0 Å². The van der Waals surface area contributed by atoms with E-state index in [2.05, 4.69) is 39.6 Å². The Morgan fingerprint density at radius 3 is 2.61 bits per heavy atom. The molecule has 0 amide bonds. The van der Waals surface area contributed by atoms with Crippen LogP contribution in [0.5, 0.6) is 0 Å². The average molecular weight is 450 g/mol. The van der Waals surface area contributed by atoms with Crippen molar-refractivity contribution in [2.75, 3.05) is 50.8 Å². The molecule has 2 N–H and O–H groups in total. The topological polar surface area (TPSA) is 51.1 Å². The van der Waals surface area contributed by atoms with Crippen molar-refractivity contribution in [3.8, 4) is 0 Å². The Morgan fingerprint density at radius 2 is 2.09 bits per heavy atom. The van der Waals surface area contributed by atoms with Crippen LogP contribution >= 0.6 is 35.3 Å². The van der Waals surface area contributed by atoms with Crippen LogP contribution in [0, 0.1) is 5.41 Å². The number of guanidine groups is 1. The van der Waals surface area contributed by atoms with Gasteiger partial charge in [0.05, 0.1) is 18.2 Å². The van der Waals surface area contributed by atoms with Crippen LogP contribution in [0.25, 0.3) is 0 Å². The summed E-state index contributed by atoms with van der Waals surface area (Å²) in [5, 5.41) is 16.3. The Balaban J connectivity index is 0.00000192. The van der Waals surface area contributed by atoms with Gasteiger partial charge in [-0.1, -0.05) is 0 Å². The van der Waals surface area contributed by atoms with Gasteiger partial charge in [-0.15, -0.1) is 35.3 Å². The van der Waals surface area contributed by atoms with Crippen LogP contribution in [-0.2, 0) is 0 Å². The molecule has 0 radical (unpaired) electrons. The van der Waals surface area contributed by atoms with Gasteiger partial charge in [0.15, 0.2) is 5.96 Å². The number of aliphatic hydroxyl groups excluding tert-OH is 1. The number of aliphatic hydroxyl groups is 1. The number of hydrogen-bond acceptors (Lipinski definition) is 4. The number of hydrogen-bond donors (Lipinski definition) is 2. The molecule has 5 nitrogen and oxygen atoms in total. The van der Waals surface area contributed by atoms with Crippen molar-refractivity contribution >= 4 is 46.3 Å². The Bertz CT molecular complexity index is 496. The molecule has 1 aliphatic heterocycles. The van der Waals surface area contributed by atoms with Crippen LogP contribution in [0.4, 0.5) is 5.00 Å². The van der Waals surface area contributed by atoms with Crippen molar-refractivity contribution in [2.24, 2.45) is 10.4 Å². The fourth-order valence-electron chi connectivity index (χ4n) is 2.80. The standard InChI is InChI=1S/C16H26N4OS.HI/c1-2-17-15(18-12-16(13-21)5-6-16)20-9-7-19(8-10-20)14-4-3-11-22-14;/h3-4,11,21H,2,5-10,12-13H2,1H3,(H,17,18);1H. The third-order valence-corrected chi connectivity index (χ3v) is 5.52. The third-order valence-electron chi connectivity index (χ3n) is 4.59. The molecule has 7 heteroatoms. The van der Waals surface area contributed by atoms with Crippen LogP contribution in [-0.4, -0.2) is 61.8 Å². The van der Waals surface area contributed by atoms with E-state index in [-0.39, 0.29) is 36.0 Å². The van der Waals surface area contributed by atoms with Crippen LogP contribution < -0.4 is 10.2 Å². The zero-order valence-electron chi connectivity index (χ0n) is 13.7. The fraction of sp³-hybridized carbons (Fsp3) is 0.688. The van der Waals surface area contributed by atoms with Crippen LogP contribution in [0.15, 0.2) is 22.5 Å². The summed E-state index contributed by atoms with van der Waals surface area (Å²) in [7, 11) is 0. The number of anilines is 1. The summed E-state index contributed by atoms with van der Waals surface area (Å²) >= 11 is 1.81. The number of thiophene rings is 1. The van der Waals surface area contributed by atoms with E-state index in [0.717, 1.165) is 58.1 Å². The summed E-state index contributed by atoms with van der Waals surface area (Å²) < 4.78 is 0. The molecule has 1 aromatic heterocycles. The lowest BCUT2D eigenvalue weighted by molar-refractivity contribution is 0.216. The molecule has 1 aromatic rings. The summed E-state index contributed by atoms with van der Waals surface area (Å²) in [6.45, 7) is 8.07. The summed E-state index contributed by atoms with van der Waals surface area (Å²) in [6.07, 6.45) is 2.22. The predicted octanol–water partition coefficient (Wildman–Crippen LogP) is 2.23. The first-order chi connectivity index (χ1) is 10.8. The third kappa shape index (κ3) is 4.73. The monoisotopic (exact) mass is 450 g/mol. The fourth-order valence-corrected chi connectivity index (χ4v) is 3.59. The molecule has 0 spiro atoms. The lowest BCUT2D eigenvalue weighted by atomic mass is 10.1. The van der Waals surface area contributed by atoms with Gasteiger partial charge >= 0.3 is 0 Å². The summed E-state index contributed by atoms with van der Waals surface area (Å²) in [6, 6.07) is 4.31. The molecule has 2 fully saturated rings. The largest absolute Gasteiger partial charge is 0.396 e. The molecule has 0 bridgehead atoms. The lowest BCUT2D eigenvalue weighted by Gasteiger charge is -2.37. The predicted molar refractivity (Wildman–Crippen MR) is 108 cm³/mol. The van der Waals surface area contributed by atoms with Gasteiger partial charge in [-0.25, -0.2) is 0 Å². The van der Waals surface area contributed by atoms with Gasteiger partial charge in [-0.3, -0.25) is 4.99 Å². The number of aliphatic imine (C=N–C) groups is 1. The van der Waals surface area contributed by atoms with Gasteiger partial charge < -0.3 is 20.2 Å². The van der Waals surface area contributed by atoms with E-state index in [0.29, 0.717) is 0 Å². The molecule has 23 heavy (non-hydrogen) atoms. The Hall–Kier alpha value is -0.540. The van der Waals surface area contributed by atoms with Gasteiger partial charge in [0, 0.05) is 38.1 Å². The summed E-state index contributed by atoms with van der Waals surface area (Å²) in [5.74, 6) is 1.01. The maximum atomic E-state index is 9.44. The molecule has 1 aliphatic carbocycles. The molecule has 0 unspecified atom stereocenters. The van der Waals surface area contributed by atoms with Crippen LogP contribution in [0.2, 0.25) is 0 Å². The number of nitrogens with one attached hydrogen (secondary N) is 1. The van der Waals surface area contributed by atoms with Crippen molar-refractivity contribution in [3.05, 3.63) is 17.5 Å². The first-order valence-corrected chi connectivity index (χ1v) is 9.07. The highest BCUT2D eigenvalue weighted by Crippen LogP contribution is 2.45. The van der Waals surface area contributed by atoms with E-state index >= 15 is 0 Å². The molecular formula is C16H27IN4OS. The summed E-state index contributed by atoms with van der Waals surface area (Å²) in [4.78, 5) is 9.58. The first-order valence-electron chi connectivity index (χ1n) is 8.19. The normalized spacial score (nSPS) is 20.2. The van der Waals surface area contributed by atoms with E-state index in [1.165, 1.54) is 5.00 Å². The molecule has 0 aromatic carbocycles. The summed E-state index contributed by atoms with van der Waals surface area (Å²) in [5.41, 5.74) is 0.0828. The zero-order chi connectivity index (χ0) is 15.4. The van der Waals surface area contributed by atoms with E-state index in [9.17, 15) is 5.11 Å². The Labute approximate surface area is 159 Å².